The lowest BCUT2D eigenvalue weighted by Crippen LogP contribution is -2.12. The van der Waals surface area contributed by atoms with Crippen LogP contribution in [0.2, 0.25) is 0 Å². The van der Waals surface area contributed by atoms with E-state index in [4.69, 9.17) is 5.73 Å². The first-order chi connectivity index (χ1) is 8.41. The summed E-state index contributed by atoms with van der Waals surface area (Å²) in [7, 11) is 0. The Morgan fingerprint density at radius 1 is 1.28 bits per heavy atom. The minimum Gasteiger partial charge on any atom is -0.398 e. The number of rotatable bonds is 5. The standard InChI is InChI=1S/C13H18F3NS/c1-3-4-5-9-6-7-11(13(14,15)16)10(8-18-2)12(9)17/h6-7H,3-5,8,17H2,1-2H3. The number of unbranched alkanes of at least 4 members (excludes halogenated alkanes) is 1. The summed E-state index contributed by atoms with van der Waals surface area (Å²) in [6.07, 6.45) is 0.120. The van der Waals surface area contributed by atoms with Crippen molar-refractivity contribution in [1.82, 2.24) is 0 Å². The van der Waals surface area contributed by atoms with Crippen molar-refractivity contribution < 1.29 is 13.2 Å². The molecule has 1 aromatic rings. The van der Waals surface area contributed by atoms with Crippen LogP contribution < -0.4 is 5.73 Å². The molecule has 102 valence electrons. The molecule has 18 heavy (non-hydrogen) atoms. The molecule has 0 saturated carbocycles. The van der Waals surface area contributed by atoms with Crippen molar-refractivity contribution in [2.45, 2.75) is 38.1 Å². The Kier molecular flexibility index (Phi) is 5.38. The van der Waals surface area contributed by atoms with Gasteiger partial charge in [-0.1, -0.05) is 19.4 Å². The van der Waals surface area contributed by atoms with Gasteiger partial charge in [-0.05, 0) is 36.3 Å². The Bertz CT molecular complexity index is 402. The van der Waals surface area contributed by atoms with Crippen molar-refractivity contribution in [3.05, 3.63) is 28.8 Å². The van der Waals surface area contributed by atoms with E-state index in [0.717, 1.165) is 30.9 Å². The minimum atomic E-state index is -4.33. The number of alkyl halides is 3. The van der Waals surface area contributed by atoms with E-state index < -0.39 is 11.7 Å². The lowest BCUT2D eigenvalue weighted by molar-refractivity contribution is -0.138. The highest BCUT2D eigenvalue weighted by Gasteiger charge is 2.34. The number of hydrogen-bond donors (Lipinski definition) is 1. The second-order valence-corrected chi connectivity index (χ2v) is 5.06. The van der Waals surface area contributed by atoms with Gasteiger partial charge in [0.15, 0.2) is 0 Å². The van der Waals surface area contributed by atoms with Gasteiger partial charge in [-0.15, -0.1) is 0 Å². The summed E-state index contributed by atoms with van der Waals surface area (Å²) in [4.78, 5) is 0. The van der Waals surface area contributed by atoms with Gasteiger partial charge >= 0.3 is 6.18 Å². The lowest BCUT2D eigenvalue weighted by Gasteiger charge is -2.17. The fraction of sp³-hybridized carbons (Fsp3) is 0.538. The van der Waals surface area contributed by atoms with Gasteiger partial charge in [0.25, 0.3) is 0 Å². The van der Waals surface area contributed by atoms with E-state index in [1.807, 2.05) is 6.92 Å². The van der Waals surface area contributed by atoms with Crippen molar-refractivity contribution in [3.8, 4) is 0 Å². The van der Waals surface area contributed by atoms with E-state index in [0.29, 0.717) is 11.4 Å². The number of benzene rings is 1. The van der Waals surface area contributed by atoms with Crippen LogP contribution in [0.1, 0.15) is 36.5 Å². The highest BCUT2D eigenvalue weighted by Crippen LogP contribution is 2.37. The molecule has 0 unspecified atom stereocenters. The number of nitrogen functional groups attached to an aromatic ring is 1. The highest BCUT2D eigenvalue weighted by atomic mass is 32.2. The topological polar surface area (TPSA) is 26.0 Å². The third kappa shape index (κ3) is 3.57. The Hall–Kier alpha value is -0.840. The van der Waals surface area contributed by atoms with Gasteiger partial charge in [0, 0.05) is 11.4 Å². The average Bonchev–Trinajstić information content (AvgIpc) is 2.29. The van der Waals surface area contributed by atoms with Gasteiger partial charge in [-0.25, -0.2) is 0 Å². The van der Waals surface area contributed by atoms with Crippen molar-refractivity contribution >= 4 is 17.4 Å². The predicted octanol–water partition coefficient (Wildman–Crippen LogP) is 4.49. The number of hydrogen-bond acceptors (Lipinski definition) is 2. The van der Waals surface area contributed by atoms with Gasteiger partial charge in [0.05, 0.1) is 5.56 Å². The van der Waals surface area contributed by atoms with Crippen LogP contribution in [-0.2, 0) is 18.3 Å². The summed E-state index contributed by atoms with van der Waals surface area (Å²) in [6, 6.07) is 2.67. The summed E-state index contributed by atoms with van der Waals surface area (Å²) in [5.74, 6) is 0.292. The molecule has 0 saturated heterocycles. The SMILES string of the molecule is CCCCc1ccc(C(F)(F)F)c(CSC)c1N. The first kappa shape index (κ1) is 15.2. The molecule has 1 aromatic carbocycles. The number of anilines is 1. The third-order valence-electron chi connectivity index (χ3n) is 2.84. The summed E-state index contributed by atoms with van der Waals surface area (Å²) in [5, 5.41) is 0. The maximum Gasteiger partial charge on any atom is 0.416 e. The highest BCUT2D eigenvalue weighted by molar-refractivity contribution is 7.97. The molecule has 0 aliphatic heterocycles. The van der Waals surface area contributed by atoms with Gasteiger partial charge in [0.1, 0.15) is 0 Å². The second kappa shape index (κ2) is 6.36. The van der Waals surface area contributed by atoms with Crippen LogP contribution in [0, 0.1) is 0 Å². The molecule has 5 heteroatoms. The summed E-state index contributed by atoms with van der Waals surface area (Å²) in [5.41, 5.74) is 6.66. The fourth-order valence-electron chi connectivity index (χ4n) is 1.86. The summed E-state index contributed by atoms with van der Waals surface area (Å²) < 4.78 is 38.6. The molecule has 0 bridgehead atoms. The van der Waals surface area contributed by atoms with Crippen molar-refractivity contribution in [2.75, 3.05) is 12.0 Å². The van der Waals surface area contributed by atoms with Crippen LogP contribution >= 0.6 is 11.8 Å². The Labute approximate surface area is 110 Å². The van der Waals surface area contributed by atoms with E-state index in [9.17, 15) is 13.2 Å². The number of nitrogens with two attached hydrogens (primary N) is 1. The van der Waals surface area contributed by atoms with E-state index in [1.165, 1.54) is 17.8 Å². The number of halogens is 3. The normalized spacial score (nSPS) is 11.8. The minimum absolute atomic E-state index is 0.226. The molecule has 1 rings (SSSR count). The molecule has 0 radical (unpaired) electrons. The zero-order chi connectivity index (χ0) is 13.8. The zero-order valence-corrected chi connectivity index (χ0v) is 11.4. The first-order valence-corrected chi connectivity index (χ1v) is 7.27. The third-order valence-corrected chi connectivity index (χ3v) is 3.42. The van der Waals surface area contributed by atoms with E-state index in [2.05, 4.69) is 0 Å². The van der Waals surface area contributed by atoms with E-state index in [-0.39, 0.29) is 5.56 Å². The monoisotopic (exact) mass is 277 g/mol. The molecule has 0 aliphatic rings. The molecule has 0 fully saturated rings. The molecule has 2 N–H and O–H groups in total. The van der Waals surface area contributed by atoms with E-state index >= 15 is 0 Å². The summed E-state index contributed by atoms with van der Waals surface area (Å²) >= 11 is 1.35. The molecular formula is C13H18F3NS. The van der Waals surface area contributed by atoms with Crippen molar-refractivity contribution in [2.24, 2.45) is 0 Å². The van der Waals surface area contributed by atoms with E-state index in [1.54, 1.807) is 6.26 Å². The Morgan fingerprint density at radius 2 is 1.94 bits per heavy atom. The molecule has 0 aliphatic carbocycles. The van der Waals surface area contributed by atoms with Gasteiger partial charge in [-0.3, -0.25) is 0 Å². The predicted molar refractivity (Wildman–Crippen MR) is 71.7 cm³/mol. The van der Waals surface area contributed by atoms with Crippen molar-refractivity contribution in [1.29, 1.82) is 0 Å². The molecule has 0 heterocycles. The molecule has 0 aromatic heterocycles. The smallest absolute Gasteiger partial charge is 0.398 e. The molecule has 0 atom stereocenters. The van der Waals surface area contributed by atoms with Crippen LogP contribution in [0.15, 0.2) is 12.1 Å². The van der Waals surface area contributed by atoms with Gasteiger partial charge in [0.2, 0.25) is 0 Å². The fourth-order valence-corrected chi connectivity index (χ4v) is 2.46. The largest absolute Gasteiger partial charge is 0.416 e. The maximum absolute atomic E-state index is 12.9. The lowest BCUT2D eigenvalue weighted by atomic mass is 9.98. The quantitative estimate of drug-likeness (QED) is 0.802. The van der Waals surface area contributed by atoms with Crippen LogP contribution in [-0.4, -0.2) is 6.26 Å². The number of aryl methyl sites for hydroxylation is 1. The Balaban J connectivity index is 3.19. The van der Waals surface area contributed by atoms with Crippen LogP contribution in [0.4, 0.5) is 18.9 Å². The molecule has 0 spiro atoms. The maximum atomic E-state index is 12.9. The first-order valence-electron chi connectivity index (χ1n) is 5.88. The second-order valence-electron chi connectivity index (χ2n) is 4.20. The zero-order valence-electron chi connectivity index (χ0n) is 10.6. The van der Waals surface area contributed by atoms with Gasteiger partial charge in [-0.2, -0.15) is 24.9 Å². The van der Waals surface area contributed by atoms with Crippen LogP contribution in [0.5, 0.6) is 0 Å². The molecular weight excluding hydrogens is 259 g/mol. The van der Waals surface area contributed by atoms with Crippen LogP contribution in [0.25, 0.3) is 0 Å². The molecule has 1 nitrogen and oxygen atoms in total. The number of thioether (sulfide) groups is 1. The summed E-state index contributed by atoms with van der Waals surface area (Å²) in [6.45, 7) is 2.04. The molecule has 0 amide bonds. The average molecular weight is 277 g/mol. The van der Waals surface area contributed by atoms with Crippen molar-refractivity contribution in [3.63, 3.8) is 0 Å². The van der Waals surface area contributed by atoms with Crippen LogP contribution in [0.3, 0.4) is 0 Å². The Morgan fingerprint density at radius 3 is 2.44 bits per heavy atom. The van der Waals surface area contributed by atoms with Gasteiger partial charge < -0.3 is 5.73 Å².